The van der Waals surface area contributed by atoms with Crippen LogP contribution in [0.15, 0.2) is 0 Å². The number of hydrogen-bond acceptors (Lipinski definition) is 5. The summed E-state index contributed by atoms with van der Waals surface area (Å²) in [4.78, 5) is 20.2. The van der Waals surface area contributed by atoms with E-state index in [1.165, 1.54) is 11.3 Å². The largest absolute Gasteiger partial charge is 0.396 e. The van der Waals surface area contributed by atoms with Gasteiger partial charge < -0.3 is 14.7 Å². The molecule has 2 aliphatic rings. The molecule has 2 heterocycles. The predicted molar refractivity (Wildman–Crippen MR) is 85.3 cm³/mol. The van der Waals surface area contributed by atoms with E-state index in [4.69, 9.17) is 4.74 Å². The highest BCUT2D eigenvalue weighted by Crippen LogP contribution is 2.36. The van der Waals surface area contributed by atoms with Gasteiger partial charge in [-0.05, 0) is 25.7 Å². The molecule has 1 amide bonds. The summed E-state index contributed by atoms with van der Waals surface area (Å²) in [5.74, 6) is 0.670. The van der Waals surface area contributed by atoms with Crippen molar-refractivity contribution in [2.45, 2.75) is 51.7 Å². The van der Waals surface area contributed by atoms with Crippen LogP contribution in [-0.2, 0) is 4.74 Å². The Hall–Kier alpha value is -0.980. The Balaban J connectivity index is 1.82. The van der Waals surface area contributed by atoms with Gasteiger partial charge >= 0.3 is 0 Å². The first-order valence-corrected chi connectivity index (χ1v) is 8.83. The van der Waals surface area contributed by atoms with Gasteiger partial charge in [-0.25, -0.2) is 4.98 Å². The predicted octanol–water partition coefficient (Wildman–Crippen LogP) is 2.19. The second-order valence-electron chi connectivity index (χ2n) is 6.62. The topological polar surface area (TPSA) is 62.7 Å². The summed E-state index contributed by atoms with van der Waals surface area (Å²) in [7, 11) is 0. The summed E-state index contributed by atoms with van der Waals surface area (Å²) in [5, 5.41) is 10.4. The van der Waals surface area contributed by atoms with E-state index in [0.717, 1.165) is 28.4 Å². The van der Waals surface area contributed by atoms with E-state index < -0.39 is 0 Å². The van der Waals surface area contributed by atoms with Crippen molar-refractivity contribution in [3.8, 4) is 0 Å². The van der Waals surface area contributed by atoms with Crippen molar-refractivity contribution < 1.29 is 14.6 Å². The SMILES string of the molecule is Cc1nc(C(C)C)sc1C(=O)N1CCO[C@H]2C[C@H](CO)C[C@@H]21. The van der Waals surface area contributed by atoms with Crippen LogP contribution in [0.3, 0.4) is 0 Å². The number of ether oxygens (including phenoxy) is 1. The van der Waals surface area contributed by atoms with E-state index in [2.05, 4.69) is 18.8 Å². The van der Waals surface area contributed by atoms with Gasteiger partial charge in [0.25, 0.3) is 5.91 Å². The van der Waals surface area contributed by atoms with Gasteiger partial charge in [0, 0.05) is 19.1 Å². The summed E-state index contributed by atoms with van der Waals surface area (Å²) in [6.45, 7) is 7.50. The lowest BCUT2D eigenvalue weighted by Gasteiger charge is -2.37. The Morgan fingerprint density at radius 3 is 2.91 bits per heavy atom. The number of carbonyl (C=O) groups excluding carboxylic acids is 1. The smallest absolute Gasteiger partial charge is 0.266 e. The molecule has 0 radical (unpaired) electrons. The summed E-state index contributed by atoms with van der Waals surface area (Å²) in [6.07, 6.45) is 1.76. The number of morpholine rings is 1. The Morgan fingerprint density at radius 2 is 2.27 bits per heavy atom. The maximum absolute atomic E-state index is 13.0. The lowest BCUT2D eigenvalue weighted by Crippen LogP contribution is -2.51. The number of fused-ring (bicyclic) bond motifs is 1. The third-order valence-electron chi connectivity index (χ3n) is 4.65. The van der Waals surface area contributed by atoms with Crippen LogP contribution in [0.4, 0.5) is 0 Å². The van der Waals surface area contributed by atoms with E-state index in [0.29, 0.717) is 19.1 Å². The van der Waals surface area contributed by atoms with Crippen molar-refractivity contribution in [3.05, 3.63) is 15.6 Å². The maximum Gasteiger partial charge on any atom is 0.266 e. The third kappa shape index (κ3) is 2.79. The van der Waals surface area contributed by atoms with Gasteiger partial charge in [0.2, 0.25) is 0 Å². The average molecular weight is 324 g/mol. The molecule has 0 spiro atoms. The standard InChI is InChI=1S/C16H24N2O3S/c1-9(2)15-17-10(3)14(22-15)16(20)18-4-5-21-13-7-11(8-19)6-12(13)18/h9,11-13,19H,4-8H2,1-3H3/t11-,12+,13+/m1/s1. The minimum atomic E-state index is 0.0765. The molecule has 5 nitrogen and oxygen atoms in total. The fourth-order valence-electron chi connectivity index (χ4n) is 3.44. The number of aliphatic hydroxyl groups excluding tert-OH is 1. The summed E-state index contributed by atoms with van der Waals surface area (Å²) >= 11 is 1.52. The number of aromatic nitrogens is 1. The first-order valence-electron chi connectivity index (χ1n) is 8.02. The molecule has 1 N–H and O–H groups in total. The fraction of sp³-hybridized carbons (Fsp3) is 0.750. The maximum atomic E-state index is 13.0. The van der Waals surface area contributed by atoms with E-state index in [1.54, 1.807) is 0 Å². The van der Waals surface area contributed by atoms with Crippen molar-refractivity contribution in [2.75, 3.05) is 19.8 Å². The van der Waals surface area contributed by atoms with Crippen LogP contribution in [0.25, 0.3) is 0 Å². The van der Waals surface area contributed by atoms with Gasteiger partial charge in [0.05, 0.1) is 29.5 Å². The Labute approximate surface area is 135 Å². The van der Waals surface area contributed by atoms with E-state index in [-0.39, 0.29) is 30.6 Å². The molecule has 1 saturated carbocycles. The number of amides is 1. The molecule has 3 atom stereocenters. The highest BCUT2D eigenvalue weighted by Gasteiger charge is 2.43. The van der Waals surface area contributed by atoms with Crippen molar-refractivity contribution in [1.82, 2.24) is 9.88 Å². The summed E-state index contributed by atoms with van der Waals surface area (Å²) in [5.41, 5.74) is 0.832. The molecule has 22 heavy (non-hydrogen) atoms. The minimum absolute atomic E-state index is 0.0765. The summed E-state index contributed by atoms with van der Waals surface area (Å²) < 4.78 is 5.81. The first kappa shape index (κ1) is 15.9. The summed E-state index contributed by atoms with van der Waals surface area (Å²) in [6, 6.07) is 0.0994. The Kier molecular flexibility index (Phi) is 4.52. The van der Waals surface area contributed by atoms with Crippen LogP contribution in [0.5, 0.6) is 0 Å². The Morgan fingerprint density at radius 1 is 1.50 bits per heavy atom. The van der Waals surface area contributed by atoms with Crippen LogP contribution in [0.1, 0.15) is 53.0 Å². The van der Waals surface area contributed by atoms with Crippen molar-refractivity contribution in [3.63, 3.8) is 0 Å². The zero-order chi connectivity index (χ0) is 15.9. The Bertz CT molecular complexity index is 558. The molecule has 1 aromatic heterocycles. The highest BCUT2D eigenvalue weighted by molar-refractivity contribution is 7.13. The average Bonchev–Trinajstić information content (AvgIpc) is 3.09. The van der Waals surface area contributed by atoms with Gasteiger partial charge in [-0.3, -0.25) is 4.79 Å². The van der Waals surface area contributed by atoms with Gasteiger partial charge in [-0.15, -0.1) is 11.3 Å². The van der Waals surface area contributed by atoms with Gasteiger partial charge in [-0.1, -0.05) is 13.8 Å². The van der Waals surface area contributed by atoms with Crippen LogP contribution < -0.4 is 0 Å². The normalized spacial score (nSPS) is 28.2. The van der Waals surface area contributed by atoms with Crippen molar-refractivity contribution >= 4 is 17.2 Å². The molecule has 1 aliphatic heterocycles. The quantitative estimate of drug-likeness (QED) is 0.926. The molecule has 1 aliphatic carbocycles. The molecule has 0 unspecified atom stereocenters. The molecule has 1 aromatic rings. The van der Waals surface area contributed by atoms with E-state index in [1.807, 2.05) is 11.8 Å². The number of rotatable bonds is 3. The van der Waals surface area contributed by atoms with Crippen LogP contribution in [-0.4, -0.2) is 52.8 Å². The first-order chi connectivity index (χ1) is 10.5. The van der Waals surface area contributed by atoms with E-state index >= 15 is 0 Å². The molecule has 0 bridgehead atoms. The zero-order valence-corrected chi connectivity index (χ0v) is 14.2. The van der Waals surface area contributed by atoms with Crippen molar-refractivity contribution in [2.24, 2.45) is 5.92 Å². The second kappa shape index (κ2) is 6.26. The number of nitrogens with zero attached hydrogens (tertiary/aromatic N) is 2. The van der Waals surface area contributed by atoms with Crippen LogP contribution in [0, 0.1) is 12.8 Å². The van der Waals surface area contributed by atoms with Gasteiger partial charge in [-0.2, -0.15) is 0 Å². The third-order valence-corrected chi connectivity index (χ3v) is 6.10. The lowest BCUT2D eigenvalue weighted by molar-refractivity contribution is -0.0447. The molecule has 3 rings (SSSR count). The van der Waals surface area contributed by atoms with Crippen LogP contribution in [0.2, 0.25) is 0 Å². The lowest BCUT2D eigenvalue weighted by atomic mass is 10.1. The van der Waals surface area contributed by atoms with Gasteiger partial charge in [0.15, 0.2) is 0 Å². The zero-order valence-electron chi connectivity index (χ0n) is 13.4. The monoisotopic (exact) mass is 324 g/mol. The number of aryl methyl sites for hydroxylation is 1. The molecule has 1 saturated heterocycles. The van der Waals surface area contributed by atoms with Gasteiger partial charge in [0.1, 0.15) is 4.88 Å². The number of aliphatic hydroxyl groups is 1. The number of carbonyl (C=O) groups is 1. The molecule has 2 fully saturated rings. The second-order valence-corrected chi connectivity index (χ2v) is 7.65. The molecule has 0 aromatic carbocycles. The molecule has 6 heteroatoms. The fourth-order valence-corrected chi connectivity index (χ4v) is 4.47. The molecular formula is C16H24N2O3S. The number of hydrogen-bond donors (Lipinski definition) is 1. The highest BCUT2D eigenvalue weighted by atomic mass is 32.1. The molecular weight excluding hydrogens is 300 g/mol. The van der Waals surface area contributed by atoms with Crippen LogP contribution >= 0.6 is 11.3 Å². The number of thiazole rings is 1. The van der Waals surface area contributed by atoms with E-state index in [9.17, 15) is 9.90 Å². The van der Waals surface area contributed by atoms with Crippen molar-refractivity contribution in [1.29, 1.82) is 0 Å². The minimum Gasteiger partial charge on any atom is -0.396 e. The molecule has 122 valence electrons.